The molecule has 3 aromatic heterocycles. The molecule has 12 aromatic rings. The van der Waals surface area contributed by atoms with Crippen LogP contribution < -0.4 is 0 Å². The number of hydrogen-bond acceptors (Lipinski definition) is 4. The Morgan fingerprint density at radius 1 is 0.464 bits per heavy atom. The minimum atomic E-state index is -0.566. The standard InChI is InChI=1S/C64H40N4S/c1-3-19-43(20-4-1)64(44-21-5-2-6-22-44)53-31-12-7-27-50(53)59-51(29-18-32-54(59)64)62-65-61(66-63(67-62)52-30-17-28-49-48-26-11-16-36-58(48)69-60(49)52)42-39-37-41(38-40-42)45-23-8-13-33-55(45)68-56-34-14-9-24-46(56)47-25-10-15-35-57(47)68/h1-14,16-34,36-37,39H,15,35H2. The van der Waals surface area contributed by atoms with E-state index in [4.69, 9.17) is 15.0 Å². The largest absolute Gasteiger partial charge is 0.312 e. The molecular formula is C64H40N4S. The van der Waals surface area contributed by atoms with Gasteiger partial charge in [0.1, 0.15) is 0 Å². The molecule has 0 unspecified atom stereocenters. The number of nitrogens with zero attached hydrogens (tertiary/aromatic N) is 4. The number of fused-ring (bicyclic) bond motifs is 9. The molecule has 0 aliphatic heterocycles. The quantitative estimate of drug-likeness (QED) is 0.160. The van der Waals surface area contributed by atoms with Crippen LogP contribution in [-0.2, 0) is 11.8 Å². The lowest BCUT2D eigenvalue weighted by molar-refractivity contribution is 0.768. The molecule has 3 heterocycles. The summed E-state index contributed by atoms with van der Waals surface area (Å²) < 4.78 is 4.83. The van der Waals surface area contributed by atoms with Gasteiger partial charge >= 0.3 is 0 Å². The highest BCUT2D eigenvalue weighted by Crippen LogP contribution is 2.58. The van der Waals surface area contributed by atoms with Gasteiger partial charge in [-0.15, -0.1) is 11.3 Å². The molecule has 0 atom stereocenters. The van der Waals surface area contributed by atoms with E-state index in [0.29, 0.717) is 17.5 Å². The van der Waals surface area contributed by atoms with Crippen molar-refractivity contribution in [2.24, 2.45) is 0 Å². The molecule has 0 spiro atoms. The molecule has 4 nitrogen and oxygen atoms in total. The van der Waals surface area contributed by atoms with Crippen LogP contribution in [0.25, 0.3) is 99.3 Å². The van der Waals surface area contributed by atoms with Gasteiger partial charge in [-0.3, -0.25) is 0 Å². The summed E-state index contributed by atoms with van der Waals surface area (Å²) in [5, 5.41) is 3.70. The third-order valence-electron chi connectivity index (χ3n) is 14.3. The Hall–Kier alpha value is -8.69. The predicted molar refractivity (Wildman–Crippen MR) is 284 cm³/mol. The summed E-state index contributed by atoms with van der Waals surface area (Å²) in [5.74, 6) is 1.77. The average molecular weight is 897 g/mol. The summed E-state index contributed by atoms with van der Waals surface area (Å²) in [6, 6.07) is 81.2. The van der Waals surface area contributed by atoms with Gasteiger partial charge in [0, 0.05) is 59.1 Å². The first-order chi connectivity index (χ1) is 34.2. The van der Waals surface area contributed by atoms with Crippen molar-refractivity contribution >= 4 is 48.5 Å². The Balaban J connectivity index is 0.973. The maximum atomic E-state index is 5.48. The second-order valence-corrected chi connectivity index (χ2v) is 19.0. The van der Waals surface area contributed by atoms with Crippen LogP contribution in [0.3, 0.4) is 0 Å². The first-order valence-corrected chi connectivity index (χ1v) is 24.4. The molecule has 0 fully saturated rings. The molecule has 0 saturated carbocycles. The Bertz CT molecular complexity index is 3970. The van der Waals surface area contributed by atoms with Gasteiger partial charge in [-0.05, 0) is 82.6 Å². The number of hydrogen-bond donors (Lipinski definition) is 0. The van der Waals surface area contributed by atoms with Gasteiger partial charge in [0.05, 0.1) is 22.2 Å². The van der Waals surface area contributed by atoms with Gasteiger partial charge in [0.25, 0.3) is 0 Å². The van der Waals surface area contributed by atoms with Crippen LogP contribution in [0.15, 0.2) is 212 Å². The summed E-state index contributed by atoms with van der Waals surface area (Å²) in [7, 11) is 0. The van der Waals surface area contributed by atoms with Crippen molar-refractivity contribution in [1.29, 1.82) is 0 Å². The van der Waals surface area contributed by atoms with Gasteiger partial charge in [0.2, 0.25) is 0 Å². The molecule has 5 heteroatoms. The van der Waals surface area contributed by atoms with Crippen LogP contribution in [0.1, 0.15) is 39.9 Å². The van der Waals surface area contributed by atoms with E-state index < -0.39 is 5.41 Å². The lowest BCUT2D eigenvalue weighted by Crippen LogP contribution is -2.28. The molecule has 0 amide bonds. The average Bonchev–Trinajstić information content (AvgIpc) is 4.08. The smallest absolute Gasteiger partial charge is 0.172 e. The topological polar surface area (TPSA) is 43.6 Å². The number of allylic oxidation sites excluding steroid dienone is 1. The van der Waals surface area contributed by atoms with Crippen LogP contribution in [0.4, 0.5) is 0 Å². The second-order valence-electron chi connectivity index (χ2n) is 17.9. The number of thiophene rings is 1. The van der Waals surface area contributed by atoms with Gasteiger partial charge in [-0.25, -0.2) is 15.0 Å². The summed E-state index contributed by atoms with van der Waals surface area (Å²) in [4.78, 5) is 16.3. The number of para-hydroxylation sites is 2. The molecule has 322 valence electrons. The van der Waals surface area contributed by atoms with Crippen molar-refractivity contribution in [3.8, 4) is 62.1 Å². The summed E-state index contributed by atoms with van der Waals surface area (Å²) in [6.45, 7) is 0. The third kappa shape index (κ3) is 5.99. The Morgan fingerprint density at radius 2 is 1.06 bits per heavy atom. The monoisotopic (exact) mass is 896 g/mol. The van der Waals surface area contributed by atoms with Crippen LogP contribution in [0, 0.1) is 12.1 Å². The zero-order valence-electron chi connectivity index (χ0n) is 37.4. The molecule has 2 aliphatic carbocycles. The van der Waals surface area contributed by atoms with E-state index in [1.165, 1.54) is 65.4 Å². The highest BCUT2D eigenvalue weighted by molar-refractivity contribution is 7.26. The fourth-order valence-corrected chi connectivity index (χ4v) is 12.6. The Kier molecular flexibility index (Phi) is 8.99. The van der Waals surface area contributed by atoms with E-state index in [2.05, 4.69) is 235 Å². The van der Waals surface area contributed by atoms with Crippen molar-refractivity contribution in [3.63, 3.8) is 0 Å². The molecule has 0 N–H and O–H groups in total. The van der Waals surface area contributed by atoms with Crippen LogP contribution >= 0.6 is 11.3 Å². The molecular weight excluding hydrogens is 857 g/mol. The molecule has 0 saturated heterocycles. The SMILES string of the molecule is c1c(-c2nc(-c3cccc4c3-c3ccccc3C4(c3ccccc3)c3ccccc3)nc(-c3cccc4c3sc3ccccc34)n2)ccc(-c2ccccc2-n2c3c(c4ccccc42)C=CCC3)c#1. The number of aromatic nitrogens is 4. The van der Waals surface area contributed by atoms with Crippen LogP contribution in [0.5, 0.6) is 0 Å². The van der Waals surface area contributed by atoms with Gasteiger partial charge < -0.3 is 4.57 Å². The Labute approximate surface area is 404 Å². The highest BCUT2D eigenvalue weighted by atomic mass is 32.1. The number of benzene rings is 8. The van der Waals surface area contributed by atoms with Crippen molar-refractivity contribution < 1.29 is 0 Å². The number of rotatable bonds is 7. The predicted octanol–water partition coefficient (Wildman–Crippen LogP) is 15.8. The van der Waals surface area contributed by atoms with Gasteiger partial charge in [-0.1, -0.05) is 194 Å². The van der Waals surface area contributed by atoms with E-state index in [-0.39, 0.29) is 0 Å². The maximum absolute atomic E-state index is 5.48. The summed E-state index contributed by atoms with van der Waals surface area (Å²) in [6.07, 6.45) is 6.59. The van der Waals surface area contributed by atoms with Crippen molar-refractivity contribution in [3.05, 3.63) is 258 Å². The minimum absolute atomic E-state index is 0.544. The van der Waals surface area contributed by atoms with E-state index in [0.717, 1.165) is 56.6 Å². The van der Waals surface area contributed by atoms with Gasteiger partial charge in [0.15, 0.2) is 17.5 Å². The molecule has 69 heavy (non-hydrogen) atoms. The second kappa shape index (κ2) is 15.7. The van der Waals surface area contributed by atoms with Gasteiger partial charge in [-0.2, -0.15) is 0 Å². The van der Waals surface area contributed by atoms with Crippen molar-refractivity contribution in [2.75, 3.05) is 0 Å². The molecule has 0 radical (unpaired) electrons. The summed E-state index contributed by atoms with van der Waals surface area (Å²) >= 11 is 1.78. The zero-order valence-corrected chi connectivity index (χ0v) is 38.2. The highest BCUT2D eigenvalue weighted by Gasteiger charge is 2.47. The first-order valence-electron chi connectivity index (χ1n) is 23.6. The van der Waals surface area contributed by atoms with Crippen LogP contribution in [0.2, 0.25) is 0 Å². The fraction of sp³-hybridized carbons (Fsp3) is 0.0469. The molecule has 2 aliphatic rings. The lowest BCUT2D eigenvalue weighted by Gasteiger charge is -2.33. The molecule has 14 rings (SSSR count). The Morgan fingerprint density at radius 3 is 1.87 bits per heavy atom. The zero-order chi connectivity index (χ0) is 45.5. The van der Waals surface area contributed by atoms with E-state index in [1.807, 2.05) is 0 Å². The van der Waals surface area contributed by atoms with E-state index >= 15 is 0 Å². The lowest BCUT2D eigenvalue weighted by atomic mass is 9.67. The molecule has 9 aromatic carbocycles. The third-order valence-corrected chi connectivity index (χ3v) is 15.5. The normalized spacial score (nSPS) is 13.3. The first kappa shape index (κ1) is 39.5. The fourth-order valence-electron chi connectivity index (χ4n) is 11.4. The minimum Gasteiger partial charge on any atom is -0.312 e. The maximum Gasteiger partial charge on any atom is 0.172 e. The molecule has 0 bridgehead atoms. The summed E-state index contributed by atoms with van der Waals surface area (Å²) in [5.41, 5.74) is 16.3. The van der Waals surface area contributed by atoms with E-state index in [1.54, 1.807) is 11.3 Å². The van der Waals surface area contributed by atoms with Crippen molar-refractivity contribution in [2.45, 2.75) is 18.3 Å². The van der Waals surface area contributed by atoms with Crippen LogP contribution in [-0.4, -0.2) is 19.5 Å². The van der Waals surface area contributed by atoms with E-state index in [9.17, 15) is 0 Å². The van der Waals surface area contributed by atoms with Crippen molar-refractivity contribution in [1.82, 2.24) is 19.5 Å².